The second-order valence-electron chi connectivity index (χ2n) is 5.21. The first kappa shape index (κ1) is 13.4. The van der Waals surface area contributed by atoms with Crippen molar-refractivity contribution in [3.8, 4) is 0 Å². The molecule has 20 heavy (non-hydrogen) atoms. The highest BCUT2D eigenvalue weighted by atomic mass is 35.5. The van der Waals surface area contributed by atoms with Gasteiger partial charge >= 0.3 is 0 Å². The van der Waals surface area contributed by atoms with Crippen LogP contribution in [0.1, 0.15) is 12.0 Å². The predicted molar refractivity (Wildman–Crippen MR) is 83.0 cm³/mol. The number of nitrogens with zero attached hydrogens (tertiary/aromatic N) is 2. The van der Waals surface area contributed by atoms with Crippen molar-refractivity contribution in [2.24, 2.45) is 0 Å². The monoisotopic (exact) mass is 287 g/mol. The molecule has 1 saturated heterocycles. The summed E-state index contributed by atoms with van der Waals surface area (Å²) in [7, 11) is 0. The van der Waals surface area contributed by atoms with E-state index >= 15 is 0 Å². The number of pyridine rings is 1. The Hall–Kier alpha value is -1.58. The third kappa shape index (κ3) is 3.30. The number of hydrogen-bond donors (Lipinski definition) is 1. The first-order valence-electron chi connectivity index (χ1n) is 6.93. The summed E-state index contributed by atoms with van der Waals surface area (Å²) in [6, 6.07) is 12.9. The second kappa shape index (κ2) is 6.25. The average Bonchev–Trinajstić information content (AvgIpc) is 2.90. The minimum atomic E-state index is 0.445. The van der Waals surface area contributed by atoms with Crippen LogP contribution in [-0.4, -0.2) is 29.0 Å². The highest BCUT2D eigenvalue weighted by molar-refractivity contribution is 6.33. The van der Waals surface area contributed by atoms with Gasteiger partial charge in [0.15, 0.2) is 0 Å². The van der Waals surface area contributed by atoms with Crippen LogP contribution >= 0.6 is 11.6 Å². The number of likely N-dealkylation sites (tertiary alicyclic amines) is 1. The van der Waals surface area contributed by atoms with Crippen LogP contribution in [-0.2, 0) is 6.54 Å². The molecular formula is C16H18ClN3. The Morgan fingerprint density at radius 2 is 2.10 bits per heavy atom. The molecule has 2 aromatic rings. The van der Waals surface area contributed by atoms with Crippen molar-refractivity contribution in [2.75, 3.05) is 18.4 Å². The molecule has 3 nitrogen and oxygen atoms in total. The normalized spacial score (nSPS) is 19.1. The Morgan fingerprint density at radius 1 is 1.25 bits per heavy atom. The standard InChI is InChI=1S/C16H18ClN3/c17-15-6-8-18-10-16(15)19-14-7-9-20(12-14)11-13-4-2-1-3-5-13/h1-6,8,10,14,19H,7,9,11-12H2. The second-order valence-corrected chi connectivity index (χ2v) is 5.61. The van der Waals surface area contributed by atoms with Gasteiger partial charge in [-0.2, -0.15) is 0 Å². The number of hydrogen-bond acceptors (Lipinski definition) is 3. The van der Waals surface area contributed by atoms with E-state index in [1.165, 1.54) is 5.56 Å². The number of anilines is 1. The van der Waals surface area contributed by atoms with E-state index in [1.54, 1.807) is 12.4 Å². The number of halogens is 1. The van der Waals surface area contributed by atoms with Gasteiger partial charge in [0.05, 0.1) is 16.9 Å². The lowest BCUT2D eigenvalue weighted by Crippen LogP contribution is -2.26. The summed E-state index contributed by atoms with van der Waals surface area (Å²) in [5.74, 6) is 0. The van der Waals surface area contributed by atoms with Crippen LogP contribution in [0.3, 0.4) is 0 Å². The van der Waals surface area contributed by atoms with Crippen molar-refractivity contribution in [1.82, 2.24) is 9.88 Å². The molecule has 104 valence electrons. The van der Waals surface area contributed by atoms with E-state index in [0.717, 1.165) is 36.8 Å². The fraction of sp³-hybridized carbons (Fsp3) is 0.312. The molecular weight excluding hydrogens is 270 g/mol. The van der Waals surface area contributed by atoms with Crippen LogP contribution in [0, 0.1) is 0 Å². The molecule has 1 aromatic heterocycles. The van der Waals surface area contributed by atoms with Gasteiger partial charge < -0.3 is 5.32 Å². The molecule has 0 aliphatic carbocycles. The van der Waals surface area contributed by atoms with Gasteiger partial charge in [0.1, 0.15) is 0 Å². The molecule has 1 aromatic carbocycles. The number of benzene rings is 1. The van der Waals surface area contributed by atoms with Crippen LogP contribution in [0.5, 0.6) is 0 Å². The fourth-order valence-electron chi connectivity index (χ4n) is 2.64. The van der Waals surface area contributed by atoms with Crippen molar-refractivity contribution in [1.29, 1.82) is 0 Å². The summed E-state index contributed by atoms with van der Waals surface area (Å²) in [6.07, 6.45) is 4.64. The molecule has 0 spiro atoms. The maximum Gasteiger partial charge on any atom is 0.0718 e. The van der Waals surface area contributed by atoms with E-state index in [2.05, 4.69) is 45.5 Å². The topological polar surface area (TPSA) is 28.2 Å². The molecule has 0 radical (unpaired) electrons. The van der Waals surface area contributed by atoms with Crippen molar-refractivity contribution in [3.63, 3.8) is 0 Å². The van der Waals surface area contributed by atoms with Gasteiger partial charge in [-0.15, -0.1) is 0 Å². The largest absolute Gasteiger partial charge is 0.379 e. The Labute approximate surface area is 124 Å². The average molecular weight is 288 g/mol. The summed E-state index contributed by atoms with van der Waals surface area (Å²) in [5.41, 5.74) is 2.30. The van der Waals surface area contributed by atoms with E-state index in [9.17, 15) is 0 Å². The zero-order valence-corrected chi connectivity index (χ0v) is 12.1. The lowest BCUT2D eigenvalue weighted by molar-refractivity contribution is 0.328. The Balaban J connectivity index is 1.56. The number of nitrogens with one attached hydrogen (secondary N) is 1. The third-order valence-electron chi connectivity index (χ3n) is 3.65. The summed E-state index contributed by atoms with van der Waals surface area (Å²) in [5, 5.41) is 4.23. The minimum Gasteiger partial charge on any atom is -0.379 e. The molecule has 1 aliphatic rings. The first-order valence-corrected chi connectivity index (χ1v) is 7.31. The predicted octanol–water partition coefficient (Wildman–Crippen LogP) is 3.42. The van der Waals surface area contributed by atoms with Gasteiger partial charge in [0, 0.05) is 31.9 Å². The van der Waals surface area contributed by atoms with Crippen molar-refractivity contribution < 1.29 is 0 Å². The molecule has 2 heterocycles. The van der Waals surface area contributed by atoms with Gasteiger partial charge in [0.2, 0.25) is 0 Å². The quantitative estimate of drug-likeness (QED) is 0.934. The lowest BCUT2D eigenvalue weighted by atomic mass is 10.2. The molecule has 0 bridgehead atoms. The smallest absolute Gasteiger partial charge is 0.0718 e. The molecule has 0 amide bonds. The van der Waals surface area contributed by atoms with Crippen molar-refractivity contribution in [2.45, 2.75) is 19.0 Å². The lowest BCUT2D eigenvalue weighted by Gasteiger charge is -2.17. The molecule has 1 fully saturated rings. The summed E-state index contributed by atoms with van der Waals surface area (Å²) in [4.78, 5) is 6.58. The summed E-state index contributed by atoms with van der Waals surface area (Å²) < 4.78 is 0. The summed E-state index contributed by atoms with van der Waals surface area (Å²) in [6.45, 7) is 3.17. The van der Waals surface area contributed by atoms with E-state index in [0.29, 0.717) is 6.04 Å². The zero-order valence-electron chi connectivity index (χ0n) is 11.3. The molecule has 1 unspecified atom stereocenters. The molecule has 4 heteroatoms. The highest BCUT2D eigenvalue weighted by Crippen LogP contribution is 2.23. The van der Waals surface area contributed by atoms with Crippen LogP contribution in [0.15, 0.2) is 48.8 Å². The third-order valence-corrected chi connectivity index (χ3v) is 3.98. The number of aromatic nitrogens is 1. The van der Waals surface area contributed by atoms with E-state index in [1.807, 2.05) is 6.07 Å². The maximum atomic E-state index is 6.15. The molecule has 1 atom stereocenters. The van der Waals surface area contributed by atoms with Crippen molar-refractivity contribution >= 4 is 17.3 Å². The first-order chi connectivity index (χ1) is 9.81. The maximum absolute atomic E-state index is 6.15. The van der Waals surface area contributed by atoms with Gasteiger partial charge in [-0.3, -0.25) is 9.88 Å². The van der Waals surface area contributed by atoms with E-state index in [-0.39, 0.29) is 0 Å². The van der Waals surface area contributed by atoms with Gasteiger partial charge in [-0.25, -0.2) is 0 Å². The Bertz CT molecular complexity index is 559. The Kier molecular flexibility index (Phi) is 4.19. The van der Waals surface area contributed by atoms with Crippen LogP contribution in [0.2, 0.25) is 5.02 Å². The van der Waals surface area contributed by atoms with Crippen LogP contribution < -0.4 is 5.32 Å². The molecule has 1 aliphatic heterocycles. The van der Waals surface area contributed by atoms with Gasteiger partial charge in [-0.05, 0) is 18.1 Å². The minimum absolute atomic E-state index is 0.445. The van der Waals surface area contributed by atoms with Gasteiger partial charge in [-0.1, -0.05) is 41.9 Å². The molecule has 0 saturated carbocycles. The molecule has 3 rings (SSSR count). The summed E-state index contributed by atoms with van der Waals surface area (Å²) >= 11 is 6.15. The Morgan fingerprint density at radius 3 is 2.90 bits per heavy atom. The van der Waals surface area contributed by atoms with Gasteiger partial charge in [0.25, 0.3) is 0 Å². The zero-order chi connectivity index (χ0) is 13.8. The van der Waals surface area contributed by atoms with Crippen molar-refractivity contribution in [3.05, 3.63) is 59.4 Å². The SMILES string of the molecule is Clc1ccncc1NC1CCN(Cc2ccccc2)C1. The van der Waals surface area contributed by atoms with E-state index < -0.39 is 0 Å². The molecule has 1 N–H and O–H groups in total. The highest BCUT2D eigenvalue weighted by Gasteiger charge is 2.22. The van der Waals surface area contributed by atoms with Crippen LogP contribution in [0.25, 0.3) is 0 Å². The number of rotatable bonds is 4. The fourth-order valence-corrected chi connectivity index (χ4v) is 2.80. The van der Waals surface area contributed by atoms with Crippen LogP contribution in [0.4, 0.5) is 5.69 Å². The van der Waals surface area contributed by atoms with E-state index in [4.69, 9.17) is 11.6 Å².